The lowest BCUT2D eigenvalue weighted by Gasteiger charge is -2.26. The number of nitrogens with one attached hydrogen (secondary N) is 2. The van der Waals surface area contributed by atoms with Crippen LogP contribution in [-0.4, -0.2) is 35.1 Å². The molecule has 4 N–H and O–H groups in total. The summed E-state index contributed by atoms with van der Waals surface area (Å²) in [4.78, 5) is 50.6. The molecule has 8 nitrogen and oxygen atoms in total. The number of thiophene rings is 1. The van der Waals surface area contributed by atoms with Crippen LogP contribution < -0.4 is 16.4 Å². The lowest BCUT2D eigenvalue weighted by Crippen LogP contribution is -2.46. The molecule has 164 valence electrons. The molecule has 0 aliphatic carbocycles. The Morgan fingerprint density at radius 3 is 2.61 bits per heavy atom. The molecule has 4 amide bonds. The second-order valence-electron chi connectivity index (χ2n) is 7.52. The van der Waals surface area contributed by atoms with Crippen LogP contribution in [0.2, 0.25) is 0 Å². The van der Waals surface area contributed by atoms with Gasteiger partial charge in [0.1, 0.15) is 12.1 Å². The molecule has 2 aromatic rings. The van der Waals surface area contributed by atoms with Gasteiger partial charge in [0.25, 0.3) is 5.91 Å². The highest BCUT2D eigenvalue weighted by Gasteiger charge is 2.38. The maximum atomic E-state index is 12.9. The van der Waals surface area contributed by atoms with Gasteiger partial charge in [-0.3, -0.25) is 24.5 Å². The zero-order chi connectivity index (χ0) is 22.5. The summed E-state index contributed by atoms with van der Waals surface area (Å²) in [7, 11) is 0. The summed E-state index contributed by atoms with van der Waals surface area (Å²) in [6.45, 7) is 4.39. The molecule has 31 heavy (non-hydrogen) atoms. The fourth-order valence-electron chi connectivity index (χ4n) is 3.63. The van der Waals surface area contributed by atoms with E-state index in [4.69, 9.17) is 5.73 Å². The number of nitrogens with zero attached hydrogens (tertiary/aromatic N) is 1. The van der Waals surface area contributed by atoms with E-state index >= 15 is 0 Å². The Kier molecular flexibility index (Phi) is 7.19. The molecular weight excluding hydrogens is 416 g/mol. The van der Waals surface area contributed by atoms with Crippen LogP contribution in [-0.2, 0) is 27.5 Å². The fraction of sp³-hybridized carbons (Fsp3) is 0.364. The van der Waals surface area contributed by atoms with E-state index in [-0.39, 0.29) is 24.9 Å². The highest BCUT2D eigenvalue weighted by Crippen LogP contribution is 2.33. The maximum Gasteiger partial charge on any atom is 0.256 e. The number of benzene rings is 1. The molecule has 9 heteroatoms. The Balaban J connectivity index is 1.68. The molecule has 1 aliphatic rings. The van der Waals surface area contributed by atoms with Gasteiger partial charge >= 0.3 is 0 Å². The van der Waals surface area contributed by atoms with Crippen molar-refractivity contribution in [3.05, 3.63) is 56.8 Å². The van der Waals surface area contributed by atoms with Crippen LogP contribution in [0.25, 0.3) is 0 Å². The number of carbonyl (C=O) groups excluding carboxylic acids is 4. The molecular formula is C22H26N4O4S. The molecule has 0 fully saturated rings. The van der Waals surface area contributed by atoms with Gasteiger partial charge in [-0.05, 0) is 24.5 Å². The number of amides is 4. The Hall–Kier alpha value is -3.04. The molecule has 0 saturated heterocycles. The number of rotatable bonds is 9. The van der Waals surface area contributed by atoms with Crippen molar-refractivity contribution < 1.29 is 19.2 Å². The quantitative estimate of drug-likeness (QED) is 0.511. The van der Waals surface area contributed by atoms with Crippen LogP contribution in [0.4, 0.5) is 0 Å². The number of nitrogens with two attached hydrogens (primary N) is 1. The normalized spacial score (nSPS) is 14.7. The highest BCUT2D eigenvalue weighted by molar-refractivity contribution is 7.10. The largest absolute Gasteiger partial charge is 0.350 e. The molecule has 2 atom stereocenters. The van der Waals surface area contributed by atoms with Gasteiger partial charge in [0.15, 0.2) is 0 Å². The second-order valence-corrected chi connectivity index (χ2v) is 8.49. The van der Waals surface area contributed by atoms with Gasteiger partial charge in [0.2, 0.25) is 18.2 Å². The minimum atomic E-state index is -0.785. The highest BCUT2D eigenvalue weighted by atomic mass is 32.1. The Bertz CT molecular complexity index is 986. The van der Waals surface area contributed by atoms with Gasteiger partial charge in [-0.2, -0.15) is 0 Å². The van der Waals surface area contributed by atoms with E-state index in [0.29, 0.717) is 24.8 Å². The van der Waals surface area contributed by atoms with Gasteiger partial charge in [0.05, 0.1) is 12.1 Å². The lowest BCUT2D eigenvalue weighted by molar-refractivity contribution is -0.129. The van der Waals surface area contributed by atoms with Gasteiger partial charge in [-0.1, -0.05) is 43.2 Å². The van der Waals surface area contributed by atoms with Crippen molar-refractivity contribution in [2.24, 2.45) is 5.73 Å². The van der Waals surface area contributed by atoms with Crippen LogP contribution >= 0.6 is 11.3 Å². The van der Waals surface area contributed by atoms with Crippen molar-refractivity contribution in [2.75, 3.05) is 0 Å². The van der Waals surface area contributed by atoms with Crippen molar-refractivity contribution in [3.63, 3.8) is 0 Å². The average Bonchev–Trinajstić information content (AvgIpc) is 3.30. The third kappa shape index (κ3) is 4.83. The van der Waals surface area contributed by atoms with Crippen LogP contribution in [0, 0.1) is 6.92 Å². The van der Waals surface area contributed by atoms with Crippen LogP contribution in [0.1, 0.15) is 57.7 Å². The smallest absolute Gasteiger partial charge is 0.256 e. The number of aryl methyl sites for hydroxylation is 1. The van der Waals surface area contributed by atoms with Gasteiger partial charge in [0, 0.05) is 16.8 Å². The molecule has 1 aromatic carbocycles. The monoisotopic (exact) mass is 442 g/mol. The number of imide groups is 1. The summed E-state index contributed by atoms with van der Waals surface area (Å²) in [5.74, 6) is -1.03. The molecule has 0 saturated carbocycles. The fourth-order valence-corrected chi connectivity index (χ4v) is 4.61. The summed E-state index contributed by atoms with van der Waals surface area (Å²) >= 11 is 1.39. The first-order valence-corrected chi connectivity index (χ1v) is 11.0. The van der Waals surface area contributed by atoms with E-state index in [1.165, 1.54) is 16.2 Å². The van der Waals surface area contributed by atoms with Crippen molar-refractivity contribution in [1.82, 2.24) is 15.5 Å². The molecule has 1 aliphatic heterocycles. The first-order chi connectivity index (χ1) is 14.9. The first kappa shape index (κ1) is 22.6. The van der Waals surface area contributed by atoms with Gasteiger partial charge in [-0.15, -0.1) is 11.3 Å². The summed E-state index contributed by atoms with van der Waals surface area (Å²) in [6, 6.07) is 5.98. The third-order valence-corrected chi connectivity index (χ3v) is 6.41. The van der Waals surface area contributed by atoms with Gasteiger partial charge < -0.3 is 16.0 Å². The lowest BCUT2D eigenvalue weighted by atomic mass is 10.1. The van der Waals surface area contributed by atoms with E-state index in [1.807, 2.05) is 38.1 Å². The van der Waals surface area contributed by atoms with Crippen molar-refractivity contribution in [1.29, 1.82) is 0 Å². The number of fused-ring (bicyclic) bond motifs is 1. The summed E-state index contributed by atoms with van der Waals surface area (Å²) in [6.07, 6.45) is 1.48. The zero-order valence-electron chi connectivity index (χ0n) is 17.5. The summed E-state index contributed by atoms with van der Waals surface area (Å²) < 4.78 is 0. The minimum absolute atomic E-state index is 0.236. The van der Waals surface area contributed by atoms with E-state index in [2.05, 4.69) is 10.6 Å². The van der Waals surface area contributed by atoms with Crippen molar-refractivity contribution >= 4 is 35.5 Å². The molecule has 0 radical (unpaired) electrons. The number of hydrogen-bond acceptors (Lipinski definition) is 6. The second kappa shape index (κ2) is 9.84. The van der Waals surface area contributed by atoms with Crippen LogP contribution in [0.3, 0.4) is 0 Å². The van der Waals surface area contributed by atoms with Crippen molar-refractivity contribution in [3.8, 4) is 0 Å². The van der Waals surface area contributed by atoms with E-state index < -0.39 is 18.0 Å². The Labute approximate surface area is 184 Å². The molecule has 0 spiro atoms. The Morgan fingerprint density at radius 2 is 1.97 bits per heavy atom. The third-order valence-electron chi connectivity index (χ3n) is 5.38. The maximum absolute atomic E-state index is 12.9. The molecule has 3 rings (SSSR count). The molecule has 0 bridgehead atoms. The first-order valence-electron chi connectivity index (χ1n) is 10.1. The van der Waals surface area contributed by atoms with E-state index in [9.17, 15) is 19.2 Å². The molecule has 1 aromatic heterocycles. The van der Waals surface area contributed by atoms with Crippen LogP contribution in [0.5, 0.6) is 0 Å². The van der Waals surface area contributed by atoms with E-state index in [0.717, 1.165) is 21.6 Å². The SMILES string of the molecule is CCCC(C(=O)NC=O)N1Cc2c(csc2CNC(=O)C(N)c2ccc(C)cc2)C1=O. The van der Waals surface area contributed by atoms with Gasteiger partial charge in [-0.25, -0.2) is 0 Å². The van der Waals surface area contributed by atoms with Crippen molar-refractivity contribution in [2.45, 2.75) is 51.9 Å². The zero-order valence-corrected chi connectivity index (χ0v) is 18.3. The number of carbonyl (C=O) groups is 4. The predicted octanol–water partition coefficient (Wildman–Crippen LogP) is 1.77. The summed E-state index contributed by atoms with van der Waals surface area (Å²) in [5.41, 5.74) is 9.23. The minimum Gasteiger partial charge on any atom is -0.350 e. The average molecular weight is 443 g/mol. The topological polar surface area (TPSA) is 122 Å². The number of hydrogen-bond donors (Lipinski definition) is 3. The molecule has 2 unspecified atom stereocenters. The van der Waals surface area contributed by atoms with E-state index in [1.54, 1.807) is 5.38 Å². The molecule has 2 heterocycles. The predicted molar refractivity (Wildman–Crippen MR) is 117 cm³/mol. The Morgan fingerprint density at radius 1 is 1.26 bits per heavy atom. The standard InChI is InChI=1S/C22H26N4O4S/c1-3-4-17(20(28)25-12-27)26-10-15-16(22(26)30)11-31-18(15)9-24-21(29)19(23)14-7-5-13(2)6-8-14/h5-8,11-12,17,19H,3-4,9-10,23H2,1-2H3,(H,24,29)(H,25,27,28). The summed E-state index contributed by atoms with van der Waals surface area (Å²) in [5, 5.41) is 6.75. The van der Waals surface area contributed by atoms with Crippen LogP contribution in [0.15, 0.2) is 29.6 Å².